The molecule has 1 aliphatic heterocycles. The minimum absolute atomic E-state index is 0.783. The van der Waals surface area contributed by atoms with Crippen LogP contribution in [0.5, 0.6) is 0 Å². The predicted octanol–water partition coefficient (Wildman–Crippen LogP) is 2.02. The van der Waals surface area contributed by atoms with E-state index in [0.717, 1.165) is 25.2 Å². The summed E-state index contributed by atoms with van der Waals surface area (Å²) in [5, 5.41) is 3.37. The summed E-state index contributed by atoms with van der Waals surface area (Å²) in [7, 11) is 0. The molecule has 2 nitrogen and oxygen atoms in total. The van der Waals surface area contributed by atoms with Crippen molar-refractivity contribution < 1.29 is 0 Å². The van der Waals surface area contributed by atoms with E-state index in [-0.39, 0.29) is 0 Å². The molecule has 2 atom stereocenters. The standard InChI is InChI=1S/C12H24N2/c1-4-8-13-9-10-14-11(3)6-7-12(14)5-2/h4,11-13H,1,5-10H2,2-3H3. The zero-order valence-corrected chi connectivity index (χ0v) is 9.63. The smallest absolute Gasteiger partial charge is 0.0132 e. The van der Waals surface area contributed by atoms with Crippen molar-refractivity contribution in [2.24, 2.45) is 0 Å². The molecule has 0 aromatic rings. The molecule has 1 rings (SSSR count). The van der Waals surface area contributed by atoms with E-state index >= 15 is 0 Å². The molecule has 2 heteroatoms. The minimum atomic E-state index is 0.783. The van der Waals surface area contributed by atoms with Crippen LogP contribution in [0.1, 0.15) is 33.1 Å². The largest absolute Gasteiger partial charge is 0.312 e. The quantitative estimate of drug-likeness (QED) is 0.516. The van der Waals surface area contributed by atoms with Crippen LogP contribution in [-0.4, -0.2) is 36.6 Å². The van der Waals surface area contributed by atoms with Gasteiger partial charge in [0.05, 0.1) is 0 Å². The van der Waals surface area contributed by atoms with Gasteiger partial charge >= 0.3 is 0 Å². The molecular weight excluding hydrogens is 172 g/mol. The molecule has 0 spiro atoms. The molecule has 14 heavy (non-hydrogen) atoms. The van der Waals surface area contributed by atoms with Gasteiger partial charge < -0.3 is 5.32 Å². The zero-order chi connectivity index (χ0) is 10.4. The molecule has 0 aliphatic carbocycles. The van der Waals surface area contributed by atoms with Gasteiger partial charge in [0.15, 0.2) is 0 Å². The average Bonchev–Trinajstić information content (AvgIpc) is 2.55. The third-order valence-corrected chi connectivity index (χ3v) is 3.26. The number of nitrogens with one attached hydrogen (secondary N) is 1. The molecule has 1 aliphatic rings. The Morgan fingerprint density at radius 1 is 1.50 bits per heavy atom. The molecule has 0 aromatic carbocycles. The summed E-state index contributed by atoms with van der Waals surface area (Å²) < 4.78 is 0. The highest BCUT2D eigenvalue weighted by Gasteiger charge is 2.28. The van der Waals surface area contributed by atoms with Gasteiger partial charge in [-0.15, -0.1) is 6.58 Å². The molecule has 0 bridgehead atoms. The fourth-order valence-corrected chi connectivity index (χ4v) is 2.38. The first kappa shape index (κ1) is 11.7. The summed E-state index contributed by atoms with van der Waals surface area (Å²) >= 11 is 0. The molecule has 1 saturated heterocycles. The first-order valence-corrected chi connectivity index (χ1v) is 5.87. The average molecular weight is 196 g/mol. The number of nitrogens with zero attached hydrogens (tertiary/aromatic N) is 1. The van der Waals surface area contributed by atoms with Crippen molar-refractivity contribution in [1.82, 2.24) is 10.2 Å². The van der Waals surface area contributed by atoms with Gasteiger partial charge in [-0.05, 0) is 26.2 Å². The molecule has 1 N–H and O–H groups in total. The first-order valence-electron chi connectivity index (χ1n) is 5.87. The normalized spacial score (nSPS) is 28.1. The van der Waals surface area contributed by atoms with E-state index in [1.54, 1.807) is 0 Å². The van der Waals surface area contributed by atoms with Crippen LogP contribution in [0.25, 0.3) is 0 Å². The molecule has 82 valence electrons. The van der Waals surface area contributed by atoms with Crippen molar-refractivity contribution in [2.75, 3.05) is 19.6 Å². The van der Waals surface area contributed by atoms with Crippen molar-refractivity contribution in [3.05, 3.63) is 12.7 Å². The molecule has 0 amide bonds. The summed E-state index contributed by atoms with van der Waals surface area (Å²) in [6, 6.07) is 1.61. The Hall–Kier alpha value is -0.340. The fourth-order valence-electron chi connectivity index (χ4n) is 2.38. The van der Waals surface area contributed by atoms with Crippen LogP contribution >= 0.6 is 0 Å². The van der Waals surface area contributed by atoms with Gasteiger partial charge in [-0.25, -0.2) is 0 Å². The lowest BCUT2D eigenvalue weighted by Gasteiger charge is -2.27. The van der Waals surface area contributed by atoms with Crippen LogP contribution in [0.2, 0.25) is 0 Å². The van der Waals surface area contributed by atoms with E-state index in [0.29, 0.717) is 0 Å². The molecule has 0 aromatic heterocycles. The van der Waals surface area contributed by atoms with Crippen LogP contribution in [-0.2, 0) is 0 Å². The Morgan fingerprint density at radius 3 is 2.93 bits per heavy atom. The van der Waals surface area contributed by atoms with Gasteiger partial charge in [0.2, 0.25) is 0 Å². The van der Waals surface area contributed by atoms with Crippen molar-refractivity contribution in [3.63, 3.8) is 0 Å². The lowest BCUT2D eigenvalue weighted by molar-refractivity contribution is 0.200. The Kier molecular flexibility index (Phi) is 5.20. The molecule has 2 unspecified atom stereocenters. The van der Waals surface area contributed by atoms with Crippen LogP contribution in [0.3, 0.4) is 0 Å². The second-order valence-electron chi connectivity index (χ2n) is 4.22. The summed E-state index contributed by atoms with van der Waals surface area (Å²) in [4.78, 5) is 2.65. The molecule has 1 fully saturated rings. The minimum Gasteiger partial charge on any atom is -0.312 e. The van der Waals surface area contributed by atoms with Crippen molar-refractivity contribution in [1.29, 1.82) is 0 Å². The van der Waals surface area contributed by atoms with Gasteiger partial charge in [-0.3, -0.25) is 4.90 Å². The van der Waals surface area contributed by atoms with Gasteiger partial charge in [-0.1, -0.05) is 13.0 Å². The topological polar surface area (TPSA) is 15.3 Å². The second kappa shape index (κ2) is 6.20. The van der Waals surface area contributed by atoms with Crippen molar-refractivity contribution >= 4 is 0 Å². The highest BCUT2D eigenvalue weighted by atomic mass is 15.2. The molecule has 0 radical (unpaired) electrons. The lowest BCUT2D eigenvalue weighted by Crippen LogP contribution is -2.39. The van der Waals surface area contributed by atoms with Gasteiger partial charge in [0, 0.05) is 31.7 Å². The maximum Gasteiger partial charge on any atom is 0.0132 e. The van der Waals surface area contributed by atoms with E-state index in [1.807, 2.05) is 6.08 Å². The Bertz CT molecular complexity index is 168. The Labute approximate surface area is 88.4 Å². The van der Waals surface area contributed by atoms with Crippen molar-refractivity contribution in [2.45, 2.75) is 45.2 Å². The van der Waals surface area contributed by atoms with Gasteiger partial charge in [-0.2, -0.15) is 0 Å². The number of rotatable bonds is 6. The lowest BCUT2D eigenvalue weighted by atomic mass is 10.1. The maximum absolute atomic E-state index is 3.70. The van der Waals surface area contributed by atoms with E-state index in [4.69, 9.17) is 0 Å². The third-order valence-electron chi connectivity index (χ3n) is 3.26. The molecular formula is C12H24N2. The van der Waals surface area contributed by atoms with Crippen LogP contribution < -0.4 is 5.32 Å². The maximum atomic E-state index is 3.70. The summed E-state index contributed by atoms with van der Waals surface area (Å²) in [5.41, 5.74) is 0. The first-order chi connectivity index (χ1) is 6.79. The molecule has 0 saturated carbocycles. The highest BCUT2D eigenvalue weighted by Crippen LogP contribution is 2.24. The number of hydrogen-bond donors (Lipinski definition) is 1. The number of likely N-dealkylation sites (tertiary alicyclic amines) is 1. The second-order valence-corrected chi connectivity index (χ2v) is 4.22. The molecule has 1 heterocycles. The Morgan fingerprint density at radius 2 is 2.29 bits per heavy atom. The summed E-state index contributed by atoms with van der Waals surface area (Å²) in [6.45, 7) is 11.6. The highest BCUT2D eigenvalue weighted by molar-refractivity contribution is 4.84. The fraction of sp³-hybridized carbons (Fsp3) is 0.833. The van der Waals surface area contributed by atoms with Crippen LogP contribution in [0, 0.1) is 0 Å². The van der Waals surface area contributed by atoms with Crippen LogP contribution in [0.15, 0.2) is 12.7 Å². The Balaban J connectivity index is 2.22. The SMILES string of the molecule is C=CCNCCN1C(C)CCC1CC. The van der Waals surface area contributed by atoms with E-state index in [2.05, 4.69) is 30.6 Å². The zero-order valence-electron chi connectivity index (χ0n) is 9.63. The van der Waals surface area contributed by atoms with Gasteiger partial charge in [0.25, 0.3) is 0 Å². The van der Waals surface area contributed by atoms with Gasteiger partial charge in [0.1, 0.15) is 0 Å². The van der Waals surface area contributed by atoms with E-state index < -0.39 is 0 Å². The third kappa shape index (κ3) is 3.10. The number of hydrogen-bond acceptors (Lipinski definition) is 2. The summed E-state index contributed by atoms with van der Waals surface area (Å²) in [6.07, 6.45) is 5.98. The monoisotopic (exact) mass is 196 g/mol. The van der Waals surface area contributed by atoms with E-state index in [1.165, 1.54) is 25.8 Å². The van der Waals surface area contributed by atoms with E-state index in [9.17, 15) is 0 Å². The van der Waals surface area contributed by atoms with Crippen LogP contribution in [0.4, 0.5) is 0 Å². The predicted molar refractivity (Wildman–Crippen MR) is 62.5 cm³/mol. The summed E-state index contributed by atoms with van der Waals surface area (Å²) in [5.74, 6) is 0. The van der Waals surface area contributed by atoms with Crippen molar-refractivity contribution in [3.8, 4) is 0 Å².